The molecular formula is C29H37NO4. The molecule has 5 heteroatoms. The minimum Gasteiger partial charge on any atom is -0.497 e. The van der Waals surface area contributed by atoms with Gasteiger partial charge in [0.25, 0.3) is 0 Å². The van der Waals surface area contributed by atoms with Crippen LogP contribution in [-0.4, -0.2) is 31.1 Å². The number of allylic oxidation sites excluding steroid dienone is 2. The Labute approximate surface area is 203 Å². The summed E-state index contributed by atoms with van der Waals surface area (Å²) in [4.78, 5) is 15.3. The van der Waals surface area contributed by atoms with Gasteiger partial charge in [-0.05, 0) is 72.9 Å². The average molecular weight is 464 g/mol. The highest BCUT2D eigenvalue weighted by Gasteiger charge is 2.41. The molecular weight excluding hydrogens is 426 g/mol. The number of rotatable bonds is 10. The van der Waals surface area contributed by atoms with Crippen LogP contribution in [0.3, 0.4) is 0 Å². The van der Waals surface area contributed by atoms with Crippen LogP contribution in [0.25, 0.3) is 0 Å². The number of methoxy groups -OCH3 is 1. The predicted molar refractivity (Wildman–Crippen MR) is 137 cm³/mol. The Balaban J connectivity index is 2.01. The first kappa shape index (κ1) is 25.7. The number of nitrogens with zero attached hydrogens (tertiary/aromatic N) is 1. The number of carbonyl (C=O) groups is 1. The minimum atomic E-state index is -1.35. The first-order valence-electron chi connectivity index (χ1n) is 12.0. The molecule has 5 unspecified atom stereocenters. The lowest BCUT2D eigenvalue weighted by Gasteiger charge is -2.42. The van der Waals surface area contributed by atoms with Crippen molar-refractivity contribution in [3.63, 3.8) is 0 Å². The van der Waals surface area contributed by atoms with Crippen LogP contribution in [0.5, 0.6) is 5.75 Å². The molecule has 34 heavy (non-hydrogen) atoms. The van der Waals surface area contributed by atoms with Gasteiger partial charge in [-0.25, -0.2) is 0 Å². The van der Waals surface area contributed by atoms with Crippen LogP contribution < -0.4 is 9.64 Å². The molecule has 0 heterocycles. The summed E-state index contributed by atoms with van der Waals surface area (Å²) in [5.41, 5.74) is 4.04. The zero-order valence-electron chi connectivity index (χ0n) is 20.7. The fourth-order valence-electron chi connectivity index (χ4n) is 5.18. The van der Waals surface area contributed by atoms with Gasteiger partial charge in [-0.1, -0.05) is 62.9 Å². The fourth-order valence-corrected chi connectivity index (χ4v) is 5.18. The quantitative estimate of drug-likeness (QED) is 0.363. The van der Waals surface area contributed by atoms with Crippen molar-refractivity contribution in [2.75, 3.05) is 18.6 Å². The Morgan fingerprint density at radius 1 is 1.21 bits per heavy atom. The third kappa shape index (κ3) is 5.26. The molecule has 0 spiro atoms. The fraction of sp³-hybridized carbons (Fsp3) is 0.414. The summed E-state index contributed by atoms with van der Waals surface area (Å²) in [5.74, 6) is 0.574. The van der Waals surface area contributed by atoms with Crippen LogP contribution in [0.15, 0.2) is 73.3 Å². The predicted octanol–water partition coefficient (Wildman–Crippen LogP) is 5.70. The lowest BCUT2D eigenvalue weighted by molar-refractivity contribution is -0.138. The van der Waals surface area contributed by atoms with Gasteiger partial charge in [0.05, 0.1) is 7.11 Å². The van der Waals surface area contributed by atoms with Gasteiger partial charge in [-0.15, -0.1) is 0 Å². The molecule has 0 bridgehead atoms. The molecule has 0 saturated heterocycles. The molecule has 182 valence electrons. The number of ether oxygens (including phenoxy) is 2. The highest BCUT2D eigenvalue weighted by molar-refractivity contribution is 5.95. The summed E-state index contributed by atoms with van der Waals surface area (Å²) in [6.45, 7) is 14.4. The van der Waals surface area contributed by atoms with Crippen molar-refractivity contribution in [3.8, 4) is 5.75 Å². The van der Waals surface area contributed by atoms with Crippen molar-refractivity contribution in [1.82, 2.24) is 0 Å². The van der Waals surface area contributed by atoms with Crippen LogP contribution in [0, 0.1) is 17.8 Å². The van der Waals surface area contributed by atoms with E-state index in [-0.39, 0.29) is 29.6 Å². The second kappa shape index (κ2) is 11.5. The molecule has 0 aromatic heterocycles. The Morgan fingerprint density at radius 2 is 1.91 bits per heavy atom. The number of para-hydroxylation sites is 1. The molecule has 5 nitrogen and oxygen atoms in total. The number of amides is 1. The van der Waals surface area contributed by atoms with E-state index >= 15 is 0 Å². The summed E-state index contributed by atoms with van der Waals surface area (Å²) in [5, 5.41) is 10.7. The van der Waals surface area contributed by atoms with Crippen molar-refractivity contribution in [1.29, 1.82) is 0 Å². The Morgan fingerprint density at radius 3 is 2.53 bits per heavy atom. The van der Waals surface area contributed by atoms with Gasteiger partial charge in [0.15, 0.2) is 0 Å². The molecule has 0 radical (unpaired) electrons. The maximum Gasteiger partial charge on any atom is 0.244 e. The Kier molecular flexibility index (Phi) is 8.70. The molecule has 1 aliphatic carbocycles. The smallest absolute Gasteiger partial charge is 0.244 e. The van der Waals surface area contributed by atoms with Crippen molar-refractivity contribution in [2.45, 2.75) is 45.9 Å². The number of aryl methyl sites for hydroxylation is 1. The van der Waals surface area contributed by atoms with E-state index in [0.29, 0.717) is 12.3 Å². The normalized spacial score (nSPS) is 19.9. The van der Waals surface area contributed by atoms with Gasteiger partial charge in [0.1, 0.15) is 5.75 Å². The summed E-state index contributed by atoms with van der Waals surface area (Å²) in [7, 11) is 1.68. The minimum absolute atomic E-state index is 0.0557. The summed E-state index contributed by atoms with van der Waals surface area (Å²) in [6.07, 6.45) is 2.17. The maximum absolute atomic E-state index is 13.9. The second-order valence-electron chi connectivity index (χ2n) is 8.97. The molecule has 1 N–H and O–H groups in total. The SMILES string of the molecule is C=CC(=C)C(C)C1c2ccc(OC)cc2CCC1C(C)C(=O)N(c1ccccc1)C(O)OCC. The van der Waals surface area contributed by atoms with Gasteiger partial charge >= 0.3 is 0 Å². The van der Waals surface area contributed by atoms with Crippen LogP contribution in [0.4, 0.5) is 5.69 Å². The van der Waals surface area contributed by atoms with Crippen LogP contribution in [0.1, 0.15) is 44.2 Å². The van der Waals surface area contributed by atoms with Crippen LogP contribution in [-0.2, 0) is 16.0 Å². The molecule has 0 aliphatic heterocycles. The number of aliphatic hydroxyl groups excluding tert-OH is 1. The second-order valence-corrected chi connectivity index (χ2v) is 8.97. The molecule has 0 fully saturated rings. The van der Waals surface area contributed by atoms with E-state index in [1.807, 2.05) is 43.3 Å². The number of hydrogen-bond acceptors (Lipinski definition) is 4. The van der Waals surface area contributed by atoms with Crippen molar-refractivity contribution in [2.24, 2.45) is 17.8 Å². The van der Waals surface area contributed by atoms with E-state index in [0.717, 1.165) is 24.2 Å². The largest absolute Gasteiger partial charge is 0.497 e. The number of carbonyl (C=O) groups excluding carboxylic acids is 1. The Hall–Kier alpha value is -2.89. The summed E-state index contributed by atoms with van der Waals surface area (Å²) >= 11 is 0. The summed E-state index contributed by atoms with van der Waals surface area (Å²) in [6, 6.07) is 15.4. The zero-order valence-corrected chi connectivity index (χ0v) is 20.7. The summed E-state index contributed by atoms with van der Waals surface area (Å²) < 4.78 is 10.9. The monoisotopic (exact) mass is 463 g/mol. The van der Waals surface area contributed by atoms with Crippen LogP contribution >= 0.6 is 0 Å². The first-order chi connectivity index (χ1) is 16.3. The number of fused-ring (bicyclic) bond motifs is 1. The maximum atomic E-state index is 13.9. The molecule has 5 atom stereocenters. The van der Waals surface area contributed by atoms with E-state index in [1.54, 1.807) is 20.1 Å². The van der Waals surface area contributed by atoms with E-state index in [1.165, 1.54) is 16.0 Å². The third-order valence-corrected chi connectivity index (χ3v) is 7.14. The highest BCUT2D eigenvalue weighted by atomic mass is 16.6. The molecule has 1 amide bonds. The molecule has 3 rings (SSSR count). The number of aliphatic hydroxyl groups is 1. The van der Waals surface area contributed by atoms with Gasteiger partial charge in [-0.2, -0.15) is 0 Å². The lowest BCUT2D eigenvalue weighted by atomic mass is 9.64. The molecule has 2 aromatic carbocycles. The number of hydrogen-bond donors (Lipinski definition) is 1. The third-order valence-electron chi connectivity index (χ3n) is 7.14. The topological polar surface area (TPSA) is 59.0 Å². The molecule has 0 saturated carbocycles. The van der Waals surface area contributed by atoms with E-state index in [2.05, 4.69) is 32.2 Å². The molecule has 2 aromatic rings. The lowest BCUT2D eigenvalue weighted by Crippen LogP contribution is -2.47. The Bertz CT molecular complexity index is 1000. The zero-order chi connectivity index (χ0) is 24.8. The number of anilines is 1. The number of benzene rings is 2. The van der Waals surface area contributed by atoms with Gasteiger partial charge in [0, 0.05) is 18.2 Å². The van der Waals surface area contributed by atoms with Crippen molar-refractivity contribution < 1.29 is 19.4 Å². The van der Waals surface area contributed by atoms with Crippen molar-refractivity contribution in [3.05, 3.63) is 84.5 Å². The van der Waals surface area contributed by atoms with Crippen LogP contribution in [0.2, 0.25) is 0 Å². The van der Waals surface area contributed by atoms with E-state index in [4.69, 9.17) is 9.47 Å². The molecule has 1 aliphatic rings. The highest BCUT2D eigenvalue weighted by Crippen LogP contribution is 2.47. The van der Waals surface area contributed by atoms with Crippen molar-refractivity contribution >= 4 is 11.6 Å². The van der Waals surface area contributed by atoms with E-state index in [9.17, 15) is 9.90 Å². The average Bonchev–Trinajstić information content (AvgIpc) is 2.87. The first-order valence-corrected chi connectivity index (χ1v) is 12.0. The van der Waals surface area contributed by atoms with Gasteiger partial charge < -0.3 is 14.6 Å². The van der Waals surface area contributed by atoms with Gasteiger partial charge in [0.2, 0.25) is 12.3 Å². The van der Waals surface area contributed by atoms with E-state index < -0.39 is 6.41 Å². The van der Waals surface area contributed by atoms with Gasteiger partial charge in [-0.3, -0.25) is 9.69 Å². The standard InChI is InChI=1S/C29H37NO4/c1-7-19(3)20(4)27-25(16-14-22-18-24(33-6)15-17-26(22)27)21(5)28(31)30(29(32)34-8-2)23-12-10-9-11-13-23/h7,9-13,15,17-18,20-21,25,27,29,32H,1,3,8,14,16H2,2,4-6H3.